The standard InChI is InChI=1S/C15H18N4O/c1-16-15(20)11-5-4-8-19(10-11)14-9-17-12-6-2-3-7-13(12)18-14/h2-3,6-7,9,11H,4-5,8,10H2,1H3,(H,16,20). The molecule has 1 unspecified atom stereocenters. The van der Waals surface area contributed by atoms with Crippen LogP contribution in [0.2, 0.25) is 0 Å². The Labute approximate surface area is 118 Å². The van der Waals surface area contributed by atoms with E-state index in [1.165, 1.54) is 0 Å². The maximum Gasteiger partial charge on any atom is 0.224 e. The van der Waals surface area contributed by atoms with E-state index in [2.05, 4.69) is 20.2 Å². The zero-order chi connectivity index (χ0) is 13.9. The summed E-state index contributed by atoms with van der Waals surface area (Å²) in [7, 11) is 1.69. The summed E-state index contributed by atoms with van der Waals surface area (Å²) in [4.78, 5) is 23.0. The van der Waals surface area contributed by atoms with Crippen LogP contribution in [0.25, 0.3) is 11.0 Å². The average Bonchev–Trinajstić information content (AvgIpc) is 2.53. The van der Waals surface area contributed by atoms with Crippen molar-refractivity contribution in [3.63, 3.8) is 0 Å². The zero-order valence-electron chi connectivity index (χ0n) is 11.5. The van der Waals surface area contributed by atoms with Gasteiger partial charge in [-0.1, -0.05) is 12.1 Å². The van der Waals surface area contributed by atoms with Crippen molar-refractivity contribution in [2.45, 2.75) is 12.8 Å². The number of benzene rings is 1. The molecule has 2 aromatic rings. The van der Waals surface area contributed by atoms with Crippen LogP contribution in [0.4, 0.5) is 5.82 Å². The topological polar surface area (TPSA) is 58.1 Å². The van der Waals surface area contributed by atoms with Gasteiger partial charge in [-0.05, 0) is 25.0 Å². The summed E-state index contributed by atoms with van der Waals surface area (Å²) in [5.74, 6) is 1.02. The molecule has 1 aromatic carbocycles. The number of fused-ring (bicyclic) bond motifs is 1. The molecule has 1 aromatic heterocycles. The molecule has 1 N–H and O–H groups in total. The summed E-state index contributed by atoms with van der Waals surface area (Å²) in [5, 5.41) is 2.73. The van der Waals surface area contributed by atoms with Crippen molar-refractivity contribution >= 4 is 22.8 Å². The van der Waals surface area contributed by atoms with Crippen LogP contribution in [0, 0.1) is 5.92 Å². The second kappa shape index (κ2) is 5.45. The Morgan fingerprint density at radius 1 is 1.35 bits per heavy atom. The van der Waals surface area contributed by atoms with Gasteiger partial charge in [-0.3, -0.25) is 9.78 Å². The molecule has 5 heteroatoms. The Kier molecular flexibility index (Phi) is 3.50. The molecule has 5 nitrogen and oxygen atoms in total. The Hall–Kier alpha value is -2.17. The number of nitrogens with one attached hydrogen (secondary N) is 1. The van der Waals surface area contributed by atoms with Gasteiger partial charge in [0.15, 0.2) is 0 Å². The van der Waals surface area contributed by atoms with Crippen LogP contribution in [-0.4, -0.2) is 36.0 Å². The maximum atomic E-state index is 11.8. The van der Waals surface area contributed by atoms with Gasteiger partial charge >= 0.3 is 0 Å². The summed E-state index contributed by atoms with van der Waals surface area (Å²) in [5.41, 5.74) is 1.79. The molecule has 0 spiro atoms. The molecule has 1 aliphatic heterocycles. The van der Waals surface area contributed by atoms with Crippen molar-refractivity contribution in [3.05, 3.63) is 30.5 Å². The average molecular weight is 270 g/mol. The highest BCUT2D eigenvalue weighted by Crippen LogP contribution is 2.22. The van der Waals surface area contributed by atoms with Crippen LogP contribution in [0.5, 0.6) is 0 Å². The second-order valence-electron chi connectivity index (χ2n) is 5.12. The van der Waals surface area contributed by atoms with Gasteiger partial charge in [0.2, 0.25) is 5.91 Å². The first kappa shape index (κ1) is 12.8. The molecule has 1 aliphatic rings. The molecule has 1 amide bonds. The first-order chi connectivity index (χ1) is 9.78. The highest BCUT2D eigenvalue weighted by molar-refractivity contribution is 5.79. The van der Waals surface area contributed by atoms with E-state index in [9.17, 15) is 4.79 Å². The highest BCUT2D eigenvalue weighted by atomic mass is 16.1. The van der Waals surface area contributed by atoms with Crippen LogP contribution in [0.3, 0.4) is 0 Å². The van der Waals surface area contributed by atoms with Gasteiger partial charge in [0.25, 0.3) is 0 Å². The van der Waals surface area contributed by atoms with Crippen molar-refractivity contribution < 1.29 is 4.79 Å². The Morgan fingerprint density at radius 3 is 2.95 bits per heavy atom. The molecule has 20 heavy (non-hydrogen) atoms. The van der Waals surface area contributed by atoms with E-state index in [0.717, 1.165) is 36.2 Å². The number of carbonyl (C=O) groups excluding carboxylic acids is 1. The normalized spacial score (nSPS) is 19.1. The van der Waals surface area contributed by atoms with Crippen molar-refractivity contribution in [3.8, 4) is 0 Å². The van der Waals surface area contributed by atoms with E-state index in [1.54, 1.807) is 13.2 Å². The number of hydrogen-bond donors (Lipinski definition) is 1. The van der Waals surface area contributed by atoms with E-state index in [4.69, 9.17) is 0 Å². The fourth-order valence-corrected chi connectivity index (χ4v) is 2.70. The monoisotopic (exact) mass is 270 g/mol. The lowest BCUT2D eigenvalue weighted by atomic mass is 9.97. The molecule has 0 radical (unpaired) electrons. The number of carbonyl (C=O) groups is 1. The highest BCUT2D eigenvalue weighted by Gasteiger charge is 2.25. The fraction of sp³-hybridized carbons (Fsp3) is 0.400. The van der Waals surface area contributed by atoms with E-state index in [-0.39, 0.29) is 11.8 Å². The maximum absolute atomic E-state index is 11.8. The molecular formula is C15H18N4O. The molecular weight excluding hydrogens is 252 g/mol. The molecule has 1 fully saturated rings. The van der Waals surface area contributed by atoms with Crippen LogP contribution in [0.15, 0.2) is 30.5 Å². The summed E-state index contributed by atoms with van der Waals surface area (Å²) < 4.78 is 0. The van der Waals surface area contributed by atoms with Crippen LogP contribution in [-0.2, 0) is 4.79 Å². The predicted molar refractivity (Wildman–Crippen MR) is 78.5 cm³/mol. The van der Waals surface area contributed by atoms with Crippen molar-refractivity contribution in [2.24, 2.45) is 5.92 Å². The zero-order valence-corrected chi connectivity index (χ0v) is 11.5. The molecule has 1 saturated heterocycles. The number of para-hydroxylation sites is 2. The van der Waals surface area contributed by atoms with Crippen LogP contribution < -0.4 is 10.2 Å². The smallest absolute Gasteiger partial charge is 0.224 e. The van der Waals surface area contributed by atoms with E-state index in [1.807, 2.05) is 24.3 Å². The van der Waals surface area contributed by atoms with Crippen molar-refractivity contribution in [1.82, 2.24) is 15.3 Å². The first-order valence-electron chi connectivity index (χ1n) is 6.96. The number of aromatic nitrogens is 2. The van der Waals surface area contributed by atoms with Gasteiger partial charge in [0.1, 0.15) is 5.82 Å². The predicted octanol–water partition coefficient (Wildman–Crippen LogP) is 1.59. The number of rotatable bonds is 2. The quantitative estimate of drug-likeness (QED) is 0.900. The summed E-state index contributed by atoms with van der Waals surface area (Å²) in [6.07, 6.45) is 3.75. The Morgan fingerprint density at radius 2 is 2.15 bits per heavy atom. The lowest BCUT2D eigenvalue weighted by Gasteiger charge is -2.32. The third-order valence-corrected chi connectivity index (χ3v) is 3.80. The fourth-order valence-electron chi connectivity index (χ4n) is 2.70. The summed E-state index contributed by atoms with van der Waals surface area (Å²) in [6.45, 7) is 1.65. The number of amides is 1. The molecule has 1 atom stereocenters. The first-order valence-corrected chi connectivity index (χ1v) is 6.96. The van der Waals surface area contributed by atoms with E-state index in [0.29, 0.717) is 6.54 Å². The van der Waals surface area contributed by atoms with Crippen LogP contribution in [0.1, 0.15) is 12.8 Å². The Bertz CT molecular complexity index is 628. The molecule has 0 saturated carbocycles. The molecule has 2 heterocycles. The van der Waals surface area contributed by atoms with Crippen molar-refractivity contribution in [2.75, 3.05) is 25.0 Å². The minimum atomic E-state index is 0.0435. The number of anilines is 1. The minimum absolute atomic E-state index is 0.0435. The van der Waals surface area contributed by atoms with Gasteiger partial charge in [-0.15, -0.1) is 0 Å². The third-order valence-electron chi connectivity index (χ3n) is 3.80. The lowest BCUT2D eigenvalue weighted by Crippen LogP contribution is -2.42. The van der Waals surface area contributed by atoms with Gasteiger partial charge in [0, 0.05) is 20.1 Å². The lowest BCUT2D eigenvalue weighted by molar-refractivity contribution is -0.124. The number of piperidine rings is 1. The summed E-state index contributed by atoms with van der Waals surface area (Å²) >= 11 is 0. The van der Waals surface area contributed by atoms with Crippen LogP contribution >= 0.6 is 0 Å². The van der Waals surface area contributed by atoms with E-state index < -0.39 is 0 Å². The van der Waals surface area contributed by atoms with Crippen molar-refractivity contribution in [1.29, 1.82) is 0 Å². The van der Waals surface area contributed by atoms with Gasteiger partial charge in [-0.25, -0.2) is 4.98 Å². The largest absolute Gasteiger partial charge is 0.359 e. The molecule has 3 rings (SSSR count). The summed E-state index contributed by atoms with van der Waals surface area (Å²) in [6, 6.07) is 7.84. The van der Waals surface area contributed by atoms with Gasteiger partial charge in [-0.2, -0.15) is 0 Å². The third kappa shape index (κ3) is 2.43. The van der Waals surface area contributed by atoms with E-state index >= 15 is 0 Å². The second-order valence-corrected chi connectivity index (χ2v) is 5.12. The SMILES string of the molecule is CNC(=O)C1CCCN(c2cnc3ccccc3n2)C1. The van der Waals surface area contributed by atoms with Gasteiger partial charge < -0.3 is 10.2 Å². The van der Waals surface area contributed by atoms with Gasteiger partial charge in [0.05, 0.1) is 23.1 Å². The molecule has 0 aliphatic carbocycles. The minimum Gasteiger partial charge on any atom is -0.359 e. The Balaban J connectivity index is 1.84. The number of hydrogen-bond acceptors (Lipinski definition) is 4. The number of nitrogens with zero attached hydrogens (tertiary/aromatic N) is 3. The molecule has 0 bridgehead atoms. The molecule has 104 valence electrons.